The molecule has 0 radical (unpaired) electrons. The molecule has 0 saturated heterocycles. The smallest absolute Gasteiger partial charge is 0.155 e. The van der Waals surface area contributed by atoms with Gasteiger partial charge in [0.15, 0.2) is 5.65 Å². The normalized spacial score (nSPS) is 15.3. The zero-order valence-electron chi connectivity index (χ0n) is 11.8. The molecule has 0 amide bonds. The van der Waals surface area contributed by atoms with Crippen LogP contribution >= 0.6 is 11.9 Å². The van der Waals surface area contributed by atoms with Gasteiger partial charge in [0.25, 0.3) is 0 Å². The van der Waals surface area contributed by atoms with Gasteiger partial charge in [-0.05, 0) is 54.1 Å². The quantitative estimate of drug-likeness (QED) is 0.737. The van der Waals surface area contributed by atoms with Gasteiger partial charge in [-0.15, -0.1) is 0 Å². The van der Waals surface area contributed by atoms with E-state index >= 15 is 0 Å². The molecule has 1 aliphatic heterocycles. The number of nitrogens with zero attached hydrogens (tertiary/aromatic N) is 3. The van der Waals surface area contributed by atoms with Gasteiger partial charge in [0.2, 0.25) is 0 Å². The van der Waals surface area contributed by atoms with Crippen LogP contribution < -0.4 is 0 Å². The topological polar surface area (TPSA) is 44.8 Å². The second-order valence-corrected chi connectivity index (χ2v) is 6.59. The van der Waals surface area contributed by atoms with Crippen molar-refractivity contribution in [2.45, 2.75) is 24.8 Å². The third-order valence-electron chi connectivity index (χ3n) is 3.86. The van der Waals surface area contributed by atoms with Gasteiger partial charge in [0.05, 0.1) is 6.20 Å². The van der Waals surface area contributed by atoms with E-state index < -0.39 is 0 Å². The number of fused-ring (bicyclic) bond motifs is 3. The zero-order chi connectivity index (χ0) is 14.2. The molecule has 0 spiro atoms. The van der Waals surface area contributed by atoms with E-state index in [0.29, 0.717) is 0 Å². The van der Waals surface area contributed by atoms with E-state index in [1.807, 2.05) is 24.3 Å². The number of aromatic amines is 1. The molecule has 0 bridgehead atoms. The lowest BCUT2D eigenvalue weighted by molar-refractivity contribution is 0.445. The highest BCUT2D eigenvalue weighted by molar-refractivity contribution is 7.97. The van der Waals surface area contributed by atoms with Crippen LogP contribution in [-0.4, -0.2) is 26.0 Å². The van der Waals surface area contributed by atoms with Gasteiger partial charge < -0.3 is 0 Å². The van der Waals surface area contributed by atoms with E-state index in [1.165, 1.54) is 27.0 Å². The lowest BCUT2D eigenvalue weighted by Crippen LogP contribution is -2.24. The fourth-order valence-corrected chi connectivity index (χ4v) is 3.89. The molecule has 0 atom stereocenters. The zero-order valence-corrected chi connectivity index (χ0v) is 12.7. The summed E-state index contributed by atoms with van der Waals surface area (Å²) in [5.41, 5.74) is 4.91. The molecule has 1 aliphatic rings. The SMILES string of the molecule is Cc1cccc(SN2CCc3c(cnc4[nH]ncc34)C2)c1. The minimum absolute atomic E-state index is 0.897. The first-order chi connectivity index (χ1) is 10.3. The third kappa shape index (κ3) is 2.43. The summed E-state index contributed by atoms with van der Waals surface area (Å²) >= 11 is 1.83. The average Bonchev–Trinajstić information content (AvgIpc) is 2.96. The van der Waals surface area contributed by atoms with Crippen molar-refractivity contribution in [3.05, 3.63) is 53.3 Å². The molecular weight excluding hydrogens is 280 g/mol. The maximum atomic E-state index is 4.46. The molecule has 4 rings (SSSR count). The summed E-state index contributed by atoms with van der Waals surface area (Å²) in [6.45, 7) is 4.12. The van der Waals surface area contributed by atoms with Crippen molar-refractivity contribution < 1.29 is 0 Å². The molecule has 4 nitrogen and oxygen atoms in total. The highest BCUT2D eigenvalue weighted by Gasteiger charge is 2.20. The lowest BCUT2D eigenvalue weighted by atomic mass is 10.0. The molecule has 1 N–H and O–H groups in total. The van der Waals surface area contributed by atoms with E-state index in [2.05, 4.69) is 50.7 Å². The Morgan fingerprint density at radius 1 is 1.29 bits per heavy atom. The molecule has 0 fully saturated rings. The maximum Gasteiger partial charge on any atom is 0.155 e. The van der Waals surface area contributed by atoms with Crippen LogP contribution in [0.2, 0.25) is 0 Å². The molecule has 1 aromatic carbocycles. The van der Waals surface area contributed by atoms with Crippen LogP contribution in [0.25, 0.3) is 11.0 Å². The van der Waals surface area contributed by atoms with Crippen molar-refractivity contribution in [3.8, 4) is 0 Å². The first kappa shape index (κ1) is 12.9. The van der Waals surface area contributed by atoms with Gasteiger partial charge >= 0.3 is 0 Å². The first-order valence-corrected chi connectivity index (χ1v) is 7.86. The molecule has 3 heterocycles. The first-order valence-electron chi connectivity index (χ1n) is 7.09. The van der Waals surface area contributed by atoms with Crippen LogP contribution in [0.4, 0.5) is 0 Å². The van der Waals surface area contributed by atoms with Gasteiger partial charge in [0.1, 0.15) is 0 Å². The number of aromatic nitrogens is 3. The summed E-state index contributed by atoms with van der Waals surface area (Å²) < 4.78 is 2.41. The lowest BCUT2D eigenvalue weighted by Gasteiger charge is -2.27. The Bertz CT molecular complexity index is 796. The van der Waals surface area contributed by atoms with Gasteiger partial charge in [-0.1, -0.05) is 12.1 Å². The molecule has 0 saturated carbocycles. The summed E-state index contributed by atoms with van der Waals surface area (Å²) in [4.78, 5) is 5.76. The number of H-pyrrole nitrogens is 1. The molecule has 0 aliphatic carbocycles. The fraction of sp³-hybridized carbons (Fsp3) is 0.250. The predicted octanol–water partition coefficient (Wildman–Crippen LogP) is 3.33. The number of hydrogen-bond acceptors (Lipinski definition) is 4. The van der Waals surface area contributed by atoms with E-state index in [1.54, 1.807) is 0 Å². The van der Waals surface area contributed by atoms with Gasteiger partial charge in [0, 0.05) is 29.6 Å². The summed E-state index contributed by atoms with van der Waals surface area (Å²) in [5, 5.41) is 8.22. The average molecular weight is 296 g/mol. The maximum absolute atomic E-state index is 4.46. The number of pyridine rings is 1. The Kier molecular flexibility index (Phi) is 3.16. The number of aryl methyl sites for hydroxylation is 1. The Hall–Kier alpha value is -1.85. The van der Waals surface area contributed by atoms with Crippen LogP contribution in [0, 0.1) is 6.92 Å². The predicted molar refractivity (Wildman–Crippen MR) is 85.0 cm³/mol. The third-order valence-corrected chi connectivity index (χ3v) is 4.90. The number of hydrogen-bond donors (Lipinski definition) is 1. The van der Waals surface area contributed by atoms with E-state index in [0.717, 1.165) is 25.2 Å². The van der Waals surface area contributed by atoms with Crippen molar-refractivity contribution in [1.29, 1.82) is 0 Å². The van der Waals surface area contributed by atoms with Gasteiger partial charge in [-0.25, -0.2) is 9.29 Å². The summed E-state index contributed by atoms with van der Waals surface area (Å²) in [6, 6.07) is 8.66. The Morgan fingerprint density at radius 2 is 2.24 bits per heavy atom. The van der Waals surface area contributed by atoms with Crippen molar-refractivity contribution in [2.75, 3.05) is 6.54 Å². The van der Waals surface area contributed by atoms with Crippen LogP contribution in [0.1, 0.15) is 16.7 Å². The van der Waals surface area contributed by atoms with Crippen LogP contribution in [0.15, 0.2) is 41.6 Å². The fourth-order valence-electron chi connectivity index (χ4n) is 2.83. The van der Waals surface area contributed by atoms with Gasteiger partial charge in [-0.3, -0.25) is 5.10 Å². The second-order valence-electron chi connectivity index (χ2n) is 5.42. The van der Waals surface area contributed by atoms with Crippen LogP contribution in [-0.2, 0) is 13.0 Å². The largest absolute Gasteiger partial charge is 0.261 e. The van der Waals surface area contributed by atoms with Crippen molar-refractivity contribution in [2.24, 2.45) is 0 Å². The molecule has 2 aromatic heterocycles. The molecule has 0 unspecified atom stereocenters. The van der Waals surface area contributed by atoms with E-state index in [4.69, 9.17) is 0 Å². The number of benzene rings is 1. The van der Waals surface area contributed by atoms with E-state index in [-0.39, 0.29) is 0 Å². The molecule has 21 heavy (non-hydrogen) atoms. The Labute approximate surface area is 127 Å². The van der Waals surface area contributed by atoms with E-state index in [9.17, 15) is 0 Å². The molecule has 106 valence electrons. The monoisotopic (exact) mass is 296 g/mol. The Balaban J connectivity index is 1.59. The standard InChI is InChI=1S/C16H16N4S/c1-11-3-2-4-13(7-11)21-20-6-5-14-12(10-20)8-17-16-15(14)9-18-19-16/h2-4,7-9H,5-6,10H2,1H3,(H,17,18,19). The number of nitrogens with one attached hydrogen (secondary N) is 1. The van der Waals surface area contributed by atoms with Crippen LogP contribution in [0.3, 0.4) is 0 Å². The van der Waals surface area contributed by atoms with Crippen molar-refractivity contribution in [3.63, 3.8) is 0 Å². The van der Waals surface area contributed by atoms with Crippen LogP contribution in [0.5, 0.6) is 0 Å². The number of rotatable bonds is 2. The minimum Gasteiger partial charge on any atom is -0.261 e. The highest BCUT2D eigenvalue weighted by atomic mass is 32.2. The summed E-state index contributed by atoms with van der Waals surface area (Å²) in [6.07, 6.45) is 4.93. The molecule has 3 aromatic rings. The van der Waals surface area contributed by atoms with Gasteiger partial charge in [-0.2, -0.15) is 5.10 Å². The highest BCUT2D eigenvalue weighted by Crippen LogP contribution is 2.31. The molecule has 5 heteroatoms. The van der Waals surface area contributed by atoms with Crippen molar-refractivity contribution >= 4 is 23.0 Å². The minimum atomic E-state index is 0.897. The summed E-state index contributed by atoms with van der Waals surface area (Å²) in [7, 11) is 0. The second kappa shape index (κ2) is 5.16. The van der Waals surface area contributed by atoms with Crippen molar-refractivity contribution in [1.82, 2.24) is 19.5 Å². The molecular formula is C16H16N4S. The summed E-state index contributed by atoms with van der Waals surface area (Å²) in [5.74, 6) is 0. The Morgan fingerprint density at radius 3 is 3.14 bits per heavy atom.